The average Bonchev–Trinajstić information content (AvgIpc) is 3.56. The molecule has 0 aliphatic heterocycles. The number of halogens is 1. The Morgan fingerprint density at radius 1 is 0.912 bits per heavy atom. The molecule has 168 valence electrons. The van der Waals surface area contributed by atoms with Gasteiger partial charge in [-0.05, 0) is 41.8 Å². The Balaban J connectivity index is 1.53. The fourth-order valence-electron chi connectivity index (χ4n) is 3.91. The van der Waals surface area contributed by atoms with Crippen molar-refractivity contribution in [1.82, 2.24) is 15.1 Å². The Labute approximate surface area is 202 Å². The molecule has 2 aromatic heterocycles. The predicted molar refractivity (Wildman–Crippen MR) is 133 cm³/mol. The number of carbonyl (C=O) groups excluding carboxylic acids is 1. The van der Waals surface area contributed by atoms with E-state index in [2.05, 4.69) is 22.5 Å². The van der Waals surface area contributed by atoms with Crippen molar-refractivity contribution in [2.45, 2.75) is 12.5 Å². The van der Waals surface area contributed by atoms with Gasteiger partial charge in [-0.15, -0.1) is 0 Å². The molecule has 1 amide bonds. The number of furan rings is 1. The van der Waals surface area contributed by atoms with Gasteiger partial charge in [0.2, 0.25) is 0 Å². The number of amides is 1. The first-order chi connectivity index (χ1) is 16.7. The molecule has 2 heterocycles. The number of para-hydroxylation sites is 1. The zero-order valence-corrected chi connectivity index (χ0v) is 19.0. The molecule has 1 unspecified atom stereocenters. The number of benzene rings is 3. The van der Waals surface area contributed by atoms with E-state index in [0.29, 0.717) is 34.3 Å². The van der Waals surface area contributed by atoms with Crippen molar-refractivity contribution in [1.29, 1.82) is 0 Å². The summed E-state index contributed by atoms with van der Waals surface area (Å²) in [5.74, 6) is 0.318. The van der Waals surface area contributed by atoms with Crippen molar-refractivity contribution < 1.29 is 9.21 Å². The molecule has 0 aliphatic rings. The van der Waals surface area contributed by atoms with E-state index in [9.17, 15) is 4.79 Å². The highest BCUT2D eigenvalue weighted by Crippen LogP contribution is 2.27. The van der Waals surface area contributed by atoms with Gasteiger partial charge in [0, 0.05) is 6.07 Å². The molecule has 1 N–H and O–H groups in total. The normalized spacial score (nSPS) is 11.8. The lowest BCUT2D eigenvalue weighted by atomic mass is 9.98. The lowest BCUT2D eigenvalue weighted by Crippen LogP contribution is -2.31. The molecular formula is C28H22ClN3O2. The van der Waals surface area contributed by atoms with Crippen molar-refractivity contribution in [2.24, 2.45) is 0 Å². The maximum atomic E-state index is 13.7. The summed E-state index contributed by atoms with van der Waals surface area (Å²) in [6.45, 7) is 0. The molecule has 34 heavy (non-hydrogen) atoms. The summed E-state index contributed by atoms with van der Waals surface area (Å²) in [4.78, 5) is 13.7. The highest BCUT2D eigenvalue weighted by Gasteiger charge is 2.23. The maximum absolute atomic E-state index is 13.7. The topological polar surface area (TPSA) is 60.1 Å². The van der Waals surface area contributed by atoms with Crippen LogP contribution in [0.3, 0.4) is 0 Å². The van der Waals surface area contributed by atoms with Crippen molar-refractivity contribution in [3.05, 3.63) is 131 Å². The molecule has 1 atom stereocenters. The number of rotatable bonds is 7. The summed E-state index contributed by atoms with van der Waals surface area (Å²) in [6, 6.07) is 32.5. The average molecular weight is 468 g/mol. The first-order valence-corrected chi connectivity index (χ1v) is 11.4. The van der Waals surface area contributed by atoms with Gasteiger partial charge in [-0.2, -0.15) is 5.10 Å². The Kier molecular flexibility index (Phi) is 6.27. The van der Waals surface area contributed by atoms with Crippen LogP contribution in [0.1, 0.15) is 27.7 Å². The predicted octanol–water partition coefficient (Wildman–Crippen LogP) is 6.50. The molecule has 0 aliphatic carbocycles. The van der Waals surface area contributed by atoms with Crippen LogP contribution in [0.15, 0.2) is 114 Å². The summed E-state index contributed by atoms with van der Waals surface area (Å²) in [5, 5.41) is 8.35. The zero-order valence-electron chi connectivity index (χ0n) is 18.3. The van der Waals surface area contributed by atoms with E-state index < -0.39 is 0 Å². The van der Waals surface area contributed by atoms with E-state index in [1.807, 2.05) is 72.8 Å². The van der Waals surface area contributed by atoms with Crippen molar-refractivity contribution >= 4 is 17.5 Å². The van der Waals surface area contributed by atoms with Gasteiger partial charge in [-0.3, -0.25) is 4.79 Å². The lowest BCUT2D eigenvalue weighted by Gasteiger charge is -2.20. The Morgan fingerprint density at radius 3 is 2.32 bits per heavy atom. The minimum atomic E-state index is -0.255. The minimum Gasteiger partial charge on any atom is -0.463 e. The van der Waals surface area contributed by atoms with Crippen LogP contribution >= 0.6 is 11.6 Å². The number of aromatic nitrogens is 2. The van der Waals surface area contributed by atoms with E-state index in [1.165, 1.54) is 0 Å². The third-order valence-corrected chi connectivity index (χ3v) is 5.91. The summed E-state index contributed by atoms with van der Waals surface area (Å²) in [6.07, 6.45) is 2.23. The Hall–Kier alpha value is -4.09. The fraction of sp³-hybridized carbons (Fsp3) is 0.0714. The molecule has 5 nitrogen and oxygen atoms in total. The monoisotopic (exact) mass is 467 g/mol. The van der Waals surface area contributed by atoms with Crippen LogP contribution in [-0.2, 0) is 6.42 Å². The second-order valence-electron chi connectivity index (χ2n) is 7.88. The van der Waals surface area contributed by atoms with Gasteiger partial charge in [-0.1, -0.05) is 84.4 Å². The van der Waals surface area contributed by atoms with Gasteiger partial charge in [0.05, 0.1) is 23.0 Å². The van der Waals surface area contributed by atoms with Gasteiger partial charge >= 0.3 is 0 Å². The van der Waals surface area contributed by atoms with Crippen LogP contribution in [0.25, 0.3) is 17.1 Å². The molecule has 0 radical (unpaired) electrons. The van der Waals surface area contributed by atoms with E-state index in [0.717, 1.165) is 11.1 Å². The van der Waals surface area contributed by atoms with Gasteiger partial charge < -0.3 is 9.73 Å². The van der Waals surface area contributed by atoms with E-state index in [1.54, 1.807) is 29.1 Å². The Bertz CT molecular complexity index is 1380. The van der Waals surface area contributed by atoms with Gasteiger partial charge in [-0.25, -0.2) is 4.68 Å². The van der Waals surface area contributed by atoms with Crippen LogP contribution in [-0.4, -0.2) is 15.7 Å². The minimum absolute atomic E-state index is 0.224. The van der Waals surface area contributed by atoms with Crippen LogP contribution < -0.4 is 5.32 Å². The second kappa shape index (κ2) is 9.81. The third kappa shape index (κ3) is 4.65. The van der Waals surface area contributed by atoms with Gasteiger partial charge in [0.25, 0.3) is 5.91 Å². The quantitative estimate of drug-likeness (QED) is 0.297. The number of hydrogen-bond donors (Lipinski definition) is 1. The van der Waals surface area contributed by atoms with Crippen LogP contribution in [0, 0.1) is 0 Å². The van der Waals surface area contributed by atoms with Crippen molar-refractivity contribution in [3.8, 4) is 17.1 Å². The van der Waals surface area contributed by atoms with Gasteiger partial charge in [0.15, 0.2) is 5.76 Å². The third-order valence-electron chi connectivity index (χ3n) is 5.59. The first-order valence-electron chi connectivity index (χ1n) is 11.0. The maximum Gasteiger partial charge on any atom is 0.270 e. The molecule has 0 spiro atoms. The second-order valence-corrected chi connectivity index (χ2v) is 8.29. The van der Waals surface area contributed by atoms with Crippen molar-refractivity contribution in [2.75, 3.05) is 0 Å². The smallest absolute Gasteiger partial charge is 0.270 e. The van der Waals surface area contributed by atoms with Crippen molar-refractivity contribution in [3.63, 3.8) is 0 Å². The molecule has 0 fully saturated rings. The first kappa shape index (κ1) is 21.7. The standard InChI is InChI=1S/C28H22ClN3O2/c29-22-14-7-8-15-25(22)32-26(19-24(31-32)27-16-9-17-34-27)28(33)30-23(21-12-5-2-6-13-21)18-20-10-3-1-4-11-20/h1-17,19,23H,18H2,(H,30,33). The molecule has 0 saturated carbocycles. The SMILES string of the molecule is O=C(NC(Cc1ccccc1)c1ccccc1)c1cc(-c2ccco2)nn1-c1ccccc1Cl. The van der Waals surface area contributed by atoms with E-state index in [-0.39, 0.29) is 11.9 Å². The molecule has 3 aromatic carbocycles. The molecule has 6 heteroatoms. The molecule has 0 saturated heterocycles. The largest absolute Gasteiger partial charge is 0.463 e. The molecule has 5 aromatic rings. The summed E-state index contributed by atoms with van der Waals surface area (Å²) >= 11 is 6.46. The molecular weight excluding hydrogens is 446 g/mol. The van der Waals surface area contributed by atoms with Crippen LogP contribution in [0.5, 0.6) is 0 Å². The molecule has 5 rings (SSSR count). The van der Waals surface area contributed by atoms with Crippen LogP contribution in [0.2, 0.25) is 5.02 Å². The van der Waals surface area contributed by atoms with Crippen LogP contribution in [0.4, 0.5) is 0 Å². The number of hydrogen-bond acceptors (Lipinski definition) is 3. The summed E-state index contributed by atoms with van der Waals surface area (Å²) < 4.78 is 7.09. The summed E-state index contributed by atoms with van der Waals surface area (Å²) in [7, 11) is 0. The Morgan fingerprint density at radius 2 is 1.62 bits per heavy atom. The fourth-order valence-corrected chi connectivity index (χ4v) is 4.13. The molecule has 0 bridgehead atoms. The van der Waals surface area contributed by atoms with Gasteiger partial charge in [0.1, 0.15) is 11.4 Å². The van der Waals surface area contributed by atoms with E-state index >= 15 is 0 Å². The number of nitrogens with zero attached hydrogens (tertiary/aromatic N) is 2. The zero-order chi connectivity index (χ0) is 23.3. The highest BCUT2D eigenvalue weighted by atomic mass is 35.5. The number of carbonyl (C=O) groups is 1. The number of nitrogens with one attached hydrogen (secondary N) is 1. The van der Waals surface area contributed by atoms with E-state index in [4.69, 9.17) is 16.0 Å². The highest BCUT2D eigenvalue weighted by molar-refractivity contribution is 6.32. The lowest BCUT2D eigenvalue weighted by molar-refractivity contribution is 0.0928. The summed E-state index contributed by atoms with van der Waals surface area (Å²) in [5.41, 5.74) is 3.69.